The number of nitrogens with zero attached hydrogens (tertiary/aromatic N) is 1. The zero-order valence-electron chi connectivity index (χ0n) is 21.9. The molecule has 3 atom stereocenters. The Balaban J connectivity index is 1.91. The molecule has 8 heteroatoms. The Labute approximate surface area is 217 Å². The average molecular weight is 510 g/mol. The molecule has 0 saturated carbocycles. The van der Waals surface area contributed by atoms with Gasteiger partial charge in [0.2, 0.25) is 0 Å². The van der Waals surface area contributed by atoms with Crippen molar-refractivity contribution in [3.63, 3.8) is 0 Å². The Morgan fingerprint density at radius 1 is 1.00 bits per heavy atom. The van der Waals surface area contributed by atoms with Crippen LogP contribution in [-0.4, -0.2) is 54.0 Å². The summed E-state index contributed by atoms with van der Waals surface area (Å²) < 4.78 is 15.8. The lowest BCUT2D eigenvalue weighted by atomic mass is 9.79. The Kier molecular flexibility index (Phi) is 9.44. The third kappa shape index (κ3) is 6.96. The molecule has 198 valence electrons. The van der Waals surface area contributed by atoms with Crippen molar-refractivity contribution in [3.8, 4) is 0 Å². The second kappa shape index (κ2) is 12.5. The zero-order chi connectivity index (χ0) is 27.0. The van der Waals surface area contributed by atoms with Gasteiger partial charge in [-0.05, 0) is 37.8 Å². The summed E-state index contributed by atoms with van der Waals surface area (Å²) in [6.45, 7) is 5.22. The van der Waals surface area contributed by atoms with Crippen LogP contribution in [0.2, 0.25) is 0 Å². The van der Waals surface area contributed by atoms with Crippen LogP contribution < -0.4 is 0 Å². The van der Waals surface area contributed by atoms with E-state index in [0.29, 0.717) is 19.4 Å². The van der Waals surface area contributed by atoms with Crippen molar-refractivity contribution in [3.05, 3.63) is 71.3 Å². The van der Waals surface area contributed by atoms with Crippen molar-refractivity contribution in [2.24, 2.45) is 5.92 Å². The SMILES string of the molecule is COC(=O)[C@@H](CC(=O)C1(Cc2ccc(C)cc2)CCCN1C(=O)OCc1ccccc1)[C@@H](C)OC(C)=O. The van der Waals surface area contributed by atoms with Gasteiger partial charge in [-0.2, -0.15) is 0 Å². The van der Waals surface area contributed by atoms with E-state index in [-0.39, 0.29) is 25.2 Å². The second-order valence-electron chi connectivity index (χ2n) is 9.56. The summed E-state index contributed by atoms with van der Waals surface area (Å²) in [5, 5.41) is 0. The minimum absolute atomic E-state index is 0.0826. The predicted octanol–water partition coefficient (Wildman–Crippen LogP) is 4.41. The van der Waals surface area contributed by atoms with Crippen LogP contribution >= 0.6 is 0 Å². The van der Waals surface area contributed by atoms with Gasteiger partial charge >= 0.3 is 18.0 Å². The van der Waals surface area contributed by atoms with Crippen LogP contribution in [0.3, 0.4) is 0 Å². The van der Waals surface area contributed by atoms with Gasteiger partial charge in [0.25, 0.3) is 0 Å². The molecule has 1 aliphatic rings. The molecule has 0 radical (unpaired) electrons. The Morgan fingerprint density at radius 2 is 1.68 bits per heavy atom. The molecule has 8 nitrogen and oxygen atoms in total. The van der Waals surface area contributed by atoms with E-state index in [0.717, 1.165) is 16.7 Å². The molecule has 3 rings (SSSR count). The van der Waals surface area contributed by atoms with E-state index in [2.05, 4.69) is 0 Å². The van der Waals surface area contributed by atoms with Crippen LogP contribution in [0.5, 0.6) is 0 Å². The summed E-state index contributed by atoms with van der Waals surface area (Å²) in [6.07, 6.45) is -0.372. The van der Waals surface area contributed by atoms with Gasteiger partial charge < -0.3 is 14.2 Å². The van der Waals surface area contributed by atoms with E-state index in [4.69, 9.17) is 14.2 Å². The lowest BCUT2D eigenvalue weighted by Crippen LogP contribution is -2.55. The minimum Gasteiger partial charge on any atom is -0.469 e. The van der Waals surface area contributed by atoms with E-state index in [1.807, 2.05) is 61.5 Å². The largest absolute Gasteiger partial charge is 0.469 e. The smallest absolute Gasteiger partial charge is 0.410 e. The first kappa shape index (κ1) is 27.9. The summed E-state index contributed by atoms with van der Waals surface area (Å²) in [6, 6.07) is 17.1. The normalized spacial score (nSPS) is 18.5. The lowest BCUT2D eigenvalue weighted by Gasteiger charge is -2.38. The standard InChI is InChI=1S/C29H35NO7/c1-20-11-13-23(14-12-20)18-29(26(32)17-25(27(33)35-4)21(2)37-22(3)31)15-8-16-30(29)28(34)36-19-24-9-6-5-7-10-24/h5-7,9-14,21,25H,8,15-19H2,1-4H3/t21-,25+,29?/m1/s1. The van der Waals surface area contributed by atoms with Gasteiger partial charge in [0, 0.05) is 26.3 Å². The number of Topliss-reactive ketones (excluding diaryl/α,β-unsaturated/α-hetero) is 1. The van der Waals surface area contributed by atoms with Crippen molar-refractivity contribution in [2.75, 3.05) is 13.7 Å². The highest BCUT2D eigenvalue weighted by Crippen LogP contribution is 2.37. The molecule has 0 bridgehead atoms. The van der Waals surface area contributed by atoms with Gasteiger partial charge in [-0.1, -0.05) is 60.2 Å². The maximum atomic E-state index is 14.1. The van der Waals surface area contributed by atoms with Gasteiger partial charge in [-0.15, -0.1) is 0 Å². The first-order valence-corrected chi connectivity index (χ1v) is 12.5. The summed E-state index contributed by atoms with van der Waals surface area (Å²) in [4.78, 5) is 53.0. The topological polar surface area (TPSA) is 99.2 Å². The maximum absolute atomic E-state index is 14.1. The first-order valence-electron chi connectivity index (χ1n) is 12.5. The van der Waals surface area contributed by atoms with E-state index in [1.165, 1.54) is 18.9 Å². The third-order valence-corrected chi connectivity index (χ3v) is 6.88. The monoisotopic (exact) mass is 509 g/mol. The Bertz CT molecular complexity index is 1100. The molecule has 0 aromatic heterocycles. The summed E-state index contributed by atoms with van der Waals surface area (Å²) >= 11 is 0. The zero-order valence-corrected chi connectivity index (χ0v) is 21.9. The fourth-order valence-corrected chi connectivity index (χ4v) is 4.88. The average Bonchev–Trinajstić information content (AvgIpc) is 3.31. The van der Waals surface area contributed by atoms with Gasteiger partial charge in [-0.25, -0.2) is 4.79 Å². The van der Waals surface area contributed by atoms with Crippen LogP contribution in [0.4, 0.5) is 4.79 Å². The van der Waals surface area contributed by atoms with E-state index in [9.17, 15) is 19.2 Å². The Hall–Kier alpha value is -3.68. The van der Waals surface area contributed by atoms with Gasteiger partial charge in [0.1, 0.15) is 24.2 Å². The highest BCUT2D eigenvalue weighted by atomic mass is 16.6. The number of aryl methyl sites for hydroxylation is 1. The number of benzene rings is 2. The van der Waals surface area contributed by atoms with Crippen LogP contribution in [0.1, 0.15) is 49.8 Å². The Morgan fingerprint density at radius 3 is 2.30 bits per heavy atom. The van der Waals surface area contributed by atoms with Crippen molar-refractivity contribution in [1.82, 2.24) is 4.90 Å². The van der Waals surface area contributed by atoms with Crippen LogP contribution in [-0.2, 0) is 41.6 Å². The van der Waals surface area contributed by atoms with E-state index >= 15 is 0 Å². The number of carbonyl (C=O) groups excluding carboxylic acids is 4. The molecule has 1 saturated heterocycles. The summed E-state index contributed by atoms with van der Waals surface area (Å²) in [5.41, 5.74) is 1.61. The quantitative estimate of drug-likeness (QED) is 0.346. The fraction of sp³-hybridized carbons (Fsp3) is 0.448. The number of esters is 2. The molecular formula is C29H35NO7. The van der Waals surface area contributed by atoms with E-state index in [1.54, 1.807) is 6.92 Å². The van der Waals surface area contributed by atoms with E-state index < -0.39 is 35.6 Å². The molecule has 0 spiro atoms. The molecular weight excluding hydrogens is 474 g/mol. The number of ketones is 1. The summed E-state index contributed by atoms with van der Waals surface area (Å²) in [5.74, 6) is -2.50. The number of hydrogen-bond donors (Lipinski definition) is 0. The molecule has 37 heavy (non-hydrogen) atoms. The molecule has 2 aromatic rings. The molecule has 1 fully saturated rings. The molecule has 1 amide bonds. The van der Waals surface area contributed by atoms with Crippen molar-refractivity contribution >= 4 is 23.8 Å². The molecule has 1 aliphatic heterocycles. The van der Waals surface area contributed by atoms with Gasteiger partial charge in [0.15, 0.2) is 5.78 Å². The molecule has 1 heterocycles. The lowest BCUT2D eigenvalue weighted by molar-refractivity contribution is -0.160. The fourth-order valence-electron chi connectivity index (χ4n) is 4.88. The van der Waals surface area contributed by atoms with Crippen LogP contribution in [0.25, 0.3) is 0 Å². The van der Waals surface area contributed by atoms with Crippen molar-refractivity contribution < 1.29 is 33.4 Å². The maximum Gasteiger partial charge on any atom is 0.410 e. The number of hydrogen-bond acceptors (Lipinski definition) is 7. The minimum atomic E-state index is -1.20. The molecule has 0 aliphatic carbocycles. The molecule has 0 N–H and O–H groups in total. The summed E-state index contributed by atoms with van der Waals surface area (Å²) in [7, 11) is 1.23. The number of methoxy groups -OCH3 is 1. The van der Waals surface area contributed by atoms with Gasteiger partial charge in [-0.3, -0.25) is 19.3 Å². The highest BCUT2D eigenvalue weighted by molar-refractivity contribution is 5.95. The first-order chi connectivity index (χ1) is 17.7. The highest BCUT2D eigenvalue weighted by Gasteiger charge is 2.51. The van der Waals surface area contributed by atoms with Crippen molar-refractivity contribution in [1.29, 1.82) is 0 Å². The second-order valence-corrected chi connectivity index (χ2v) is 9.56. The predicted molar refractivity (Wildman–Crippen MR) is 137 cm³/mol. The van der Waals surface area contributed by atoms with Crippen molar-refractivity contribution in [2.45, 2.75) is 64.7 Å². The van der Waals surface area contributed by atoms with Gasteiger partial charge in [0.05, 0.1) is 7.11 Å². The number of carbonyl (C=O) groups is 4. The molecule has 1 unspecified atom stereocenters. The molecule has 2 aromatic carbocycles. The number of rotatable bonds is 10. The number of amides is 1. The number of ether oxygens (including phenoxy) is 3. The number of likely N-dealkylation sites (tertiary alicyclic amines) is 1. The third-order valence-electron chi connectivity index (χ3n) is 6.88. The van der Waals surface area contributed by atoms with Crippen LogP contribution in [0.15, 0.2) is 54.6 Å². The van der Waals surface area contributed by atoms with Crippen LogP contribution in [0, 0.1) is 12.8 Å².